The van der Waals surface area contributed by atoms with Gasteiger partial charge in [0, 0.05) is 18.7 Å². The summed E-state index contributed by atoms with van der Waals surface area (Å²) in [5.41, 5.74) is 5.22. The Labute approximate surface area is 150 Å². The van der Waals surface area contributed by atoms with E-state index in [1.807, 2.05) is 4.90 Å². The van der Waals surface area contributed by atoms with Crippen LogP contribution in [0.15, 0.2) is 36.7 Å². The maximum atomic E-state index is 12.1. The van der Waals surface area contributed by atoms with Crippen LogP contribution in [0.2, 0.25) is 0 Å². The van der Waals surface area contributed by atoms with E-state index in [1.54, 1.807) is 30.3 Å². The van der Waals surface area contributed by atoms with Crippen molar-refractivity contribution in [2.45, 2.75) is 25.7 Å². The summed E-state index contributed by atoms with van der Waals surface area (Å²) in [5.74, 6) is -0.160. The highest BCUT2D eigenvalue weighted by atomic mass is 16.6. The van der Waals surface area contributed by atoms with Crippen LogP contribution in [0.25, 0.3) is 0 Å². The zero-order valence-corrected chi connectivity index (χ0v) is 14.2. The van der Waals surface area contributed by atoms with Crippen LogP contribution >= 0.6 is 0 Å². The number of hydrazine groups is 1. The molecular weight excluding hydrogens is 336 g/mol. The molecule has 2 heterocycles. The Balaban J connectivity index is 1.81. The second kappa shape index (κ2) is 8.24. The monoisotopic (exact) mass is 356 g/mol. The van der Waals surface area contributed by atoms with Crippen LogP contribution in [0.5, 0.6) is 0 Å². The number of aromatic nitrogens is 2. The fourth-order valence-electron chi connectivity index (χ4n) is 2.92. The number of nitro groups is 1. The van der Waals surface area contributed by atoms with Gasteiger partial charge in [0.2, 0.25) is 11.6 Å². The lowest BCUT2D eigenvalue weighted by molar-refractivity contribution is -0.383. The summed E-state index contributed by atoms with van der Waals surface area (Å²) in [6.45, 7) is 1.43. The third kappa shape index (κ3) is 4.05. The van der Waals surface area contributed by atoms with Crippen molar-refractivity contribution in [3.05, 3.63) is 52.3 Å². The Morgan fingerprint density at radius 2 is 1.77 bits per heavy atom. The van der Waals surface area contributed by atoms with E-state index in [0.29, 0.717) is 18.7 Å². The molecule has 0 bridgehead atoms. The first-order valence-electron chi connectivity index (χ1n) is 8.52. The van der Waals surface area contributed by atoms with Crippen LogP contribution in [0.1, 0.15) is 36.0 Å². The second-order valence-electron chi connectivity index (χ2n) is 6.00. The van der Waals surface area contributed by atoms with E-state index in [0.717, 1.165) is 25.7 Å². The van der Waals surface area contributed by atoms with Gasteiger partial charge in [0.05, 0.1) is 4.92 Å². The van der Waals surface area contributed by atoms with Crippen LogP contribution in [0.3, 0.4) is 0 Å². The van der Waals surface area contributed by atoms with Gasteiger partial charge in [-0.05, 0) is 25.0 Å². The first-order valence-corrected chi connectivity index (χ1v) is 8.52. The number of hydrogen-bond donors (Lipinski definition) is 2. The lowest BCUT2D eigenvalue weighted by Gasteiger charge is -2.21. The van der Waals surface area contributed by atoms with E-state index >= 15 is 0 Å². The van der Waals surface area contributed by atoms with Gasteiger partial charge in [0.15, 0.2) is 0 Å². The van der Waals surface area contributed by atoms with Crippen molar-refractivity contribution in [1.29, 1.82) is 0 Å². The van der Waals surface area contributed by atoms with Crippen molar-refractivity contribution >= 4 is 23.2 Å². The van der Waals surface area contributed by atoms with Crippen molar-refractivity contribution < 1.29 is 9.72 Å². The van der Waals surface area contributed by atoms with Gasteiger partial charge in [0.1, 0.15) is 6.33 Å². The molecule has 2 aromatic rings. The first-order chi connectivity index (χ1) is 12.7. The van der Waals surface area contributed by atoms with E-state index in [4.69, 9.17) is 0 Å². The molecule has 9 heteroatoms. The normalized spacial score (nSPS) is 14.4. The molecule has 0 radical (unpaired) electrons. The molecular formula is C17H20N6O3. The van der Waals surface area contributed by atoms with Gasteiger partial charge in [-0.3, -0.25) is 25.8 Å². The number of anilines is 2. The third-order valence-corrected chi connectivity index (χ3v) is 4.22. The van der Waals surface area contributed by atoms with Gasteiger partial charge in [-0.15, -0.1) is 0 Å². The Bertz CT molecular complexity index is 775. The maximum Gasteiger partial charge on any atom is 0.355 e. The third-order valence-electron chi connectivity index (χ3n) is 4.22. The summed E-state index contributed by atoms with van der Waals surface area (Å²) in [7, 11) is 0. The average molecular weight is 356 g/mol. The lowest BCUT2D eigenvalue weighted by Crippen LogP contribution is -2.31. The molecule has 0 aliphatic carbocycles. The fraction of sp³-hybridized carbons (Fsp3) is 0.353. The highest BCUT2D eigenvalue weighted by Gasteiger charge is 2.27. The molecule has 1 aromatic heterocycles. The van der Waals surface area contributed by atoms with Gasteiger partial charge in [0.25, 0.3) is 5.91 Å². The van der Waals surface area contributed by atoms with Crippen LogP contribution in [0.4, 0.5) is 17.3 Å². The molecule has 1 amide bonds. The van der Waals surface area contributed by atoms with Crippen LogP contribution in [0, 0.1) is 10.1 Å². The smallest absolute Gasteiger partial charge is 0.351 e. The molecule has 0 atom stereocenters. The van der Waals surface area contributed by atoms with Gasteiger partial charge in [-0.25, -0.2) is 9.97 Å². The number of carbonyl (C=O) groups excluding carboxylic acids is 1. The number of benzene rings is 1. The fourth-order valence-corrected chi connectivity index (χ4v) is 2.92. The highest BCUT2D eigenvalue weighted by Crippen LogP contribution is 2.32. The van der Waals surface area contributed by atoms with Crippen LogP contribution < -0.4 is 15.8 Å². The Hall–Kier alpha value is -3.23. The Morgan fingerprint density at radius 3 is 2.42 bits per heavy atom. The maximum absolute atomic E-state index is 12.1. The molecule has 0 saturated carbocycles. The van der Waals surface area contributed by atoms with Crippen molar-refractivity contribution in [2.24, 2.45) is 0 Å². The Morgan fingerprint density at radius 1 is 1.08 bits per heavy atom. The number of nitrogens with one attached hydrogen (secondary N) is 2. The summed E-state index contributed by atoms with van der Waals surface area (Å²) in [6, 6.07) is 8.56. The minimum atomic E-state index is -0.517. The molecule has 1 aliphatic rings. The molecule has 26 heavy (non-hydrogen) atoms. The van der Waals surface area contributed by atoms with Crippen molar-refractivity contribution in [3.8, 4) is 0 Å². The Kier molecular flexibility index (Phi) is 5.57. The quantitative estimate of drug-likeness (QED) is 0.625. The van der Waals surface area contributed by atoms with Gasteiger partial charge in [-0.2, -0.15) is 0 Å². The predicted octanol–water partition coefficient (Wildman–Crippen LogP) is 2.52. The van der Waals surface area contributed by atoms with Crippen molar-refractivity contribution in [3.63, 3.8) is 0 Å². The molecule has 1 saturated heterocycles. The van der Waals surface area contributed by atoms with Crippen molar-refractivity contribution in [1.82, 2.24) is 15.4 Å². The largest absolute Gasteiger partial charge is 0.355 e. The lowest BCUT2D eigenvalue weighted by atomic mass is 10.2. The molecule has 1 aliphatic heterocycles. The second-order valence-corrected chi connectivity index (χ2v) is 6.00. The topological polar surface area (TPSA) is 113 Å². The summed E-state index contributed by atoms with van der Waals surface area (Å²) >= 11 is 0. The number of rotatable bonds is 5. The standard InChI is InChI=1S/C17H20N6O3/c24-17(13-8-4-3-5-9-13)21-20-15-14(23(25)26)16(19-12-18-15)22-10-6-1-2-7-11-22/h3-5,8-9,12H,1-2,6-7,10-11H2,(H,21,24)(H,18,19,20). The van der Waals surface area contributed by atoms with Crippen LogP contribution in [-0.4, -0.2) is 33.9 Å². The zero-order valence-electron chi connectivity index (χ0n) is 14.2. The average Bonchev–Trinajstić information content (AvgIpc) is 2.95. The number of amides is 1. The summed E-state index contributed by atoms with van der Waals surface area (Å²) in [6.07, 6.45) is 5.41. The minimum absolute atomic E-state index is 0.0338. The van der Waals surface area contributed by atoms with Gasteiger partial charge < -0.3 is 4.90 Å². The van der Waals surface area contributed by atoms with Crippen LogP contribution in [-0.2, 0) is 0 Å². The molecule has 136 valence electrons. The molecule has 0 spiro atoms. The summed E-state index contributed by atoms with van der Waals surface area (Å²) in [4.78, 5) is 33.2. The summed E-state index contributed by atoms with van der Waals surface area (Å²) < 4.78 is 0. The molecule has 2 N–H and O–H groups in total. The SMILES string of the molecule is O=C(NNc1ncnc(N2CCCCCC2)c1[N+](=O)[O-])c1ccccc1. The number of carbonyl (C=O) groups is 1. The molecule has 9 nitrogen and oxygen atoms in total. The zero-order chi connectivity index (χ0) is 18.4. The summed E-state index contributed by atoms with van der Waals surface area (Å²) in [5, 5.41) is 11.6. The predicted molar refractivity (Wildman–Crippen MR) is 96.9 cm³/mol. The van der Waals surface area contributed by atoms with E-state index < -0.39 is 10.8 Å². The molecule has 1 fully saturated rings. The van der Waals surface area contributed by atoms with E-state index in [9.17, 15) is 14.9 Å². The van der Waals surface area contributed by atoms with E-state index in [-0.39, 0.29) is 17.3 Å². The molecule has 0 unspecified atom stereocenters. The first kappa shape index (κ1) is 17.6. The molecule has 3 rings (SSSR count). The van der Waals surface area contributed by atoms with Gasteiger partial charge >= 0.3 is 5.69 Å². The van der Waals surface area contributed by atoms with Crippen molar-refractivity contribution in [2.75, 3.05) is 23.4 Å². The number of nitrogens with zero attached hydrogens (tertiary/aromatic N) is 4. The minimum Gasteiger partial charge on any atom is -0.351 e. The number of hydrogen-bond acceptors (Lipinski definition) is 7. The highest BCUT2D eigenvalue weighted by molar-refractivity contribution is 5.95. The van der Waals surface area contributed by atoms with E-state index in [2.05, 4.69) is 20.8 Å². The molecule has 1 aromatic carbocycles. The van der Waals surface area contributed by atoms with E-state index in [1.165, 1.54) is 6.33 Å². The van der Waals surface area contributed by atoms with Gasteiger partial charge in [-0.1, -0.05) is 31.0 Å².